The summed E-state index contributed by atoms with van der Waals surface area (Å²) in [6.45, 7) is 5.27. The Hall–Kier alpha value is -1.42. The van der Waals surface area contributed by atoms with Crippen molar-refractivity contribution < 1.29 is 8.42 Å². The standard InChI is InChI=1S/C12H17N3O2S/c1-9-4-5-10(7-13)6-11(9)18(16,17)15-12(2,3)8-14/h4-6,15H,8,14H2,1-3H3. The number of benzene rings is 1. The first kappa shape index (κ1) is 14.6. The van der Waals surface area contributed by atoms with Gasteiger partial charge in [-0.25, -0.2) is 13.1 Å². The Morgan fingerprint density at radius 2 is 2.06 bits per heavy atom. The fraction of sp³-hybridized carbons (Fsp3) is 0.417. The monoisotopic (exact) mass is 267 g/mol. The van der Waals surface area contributed by atoms with Gasteiger partial charge in [-0.3, -0.25) is 0 Å². The van der Waals surface area contributed by atoms with Gasteiger partial charge in [0.1, 0.15) is 0 Å². The molecule has 0 atom stereocenters. The number of sulfonamides is 1. The van der Waals surface area contributed by atoms with E-state index < -0.39 is 15.6 Å². The van der Waals surface area contributed by atoms with Crippen molar-refractivity contribution in [1.82, 2.24) is 4.72 Å². The molecule has 0 saturated heterocycles. The molecule has 98 valence electrons. The first-order valence-electron chi connectivity index (χ1n) is 5.47. The van der Waals surface area contributed by atoms with Gasteiger partial charge in [0.25, 0.3) is 0 Å². The second-order valence-electron chi connectivity index (χ2n) is 4.79. The molecule has 1 rings (SSSR count). The van der Waals surface area contributed by atoms with Crippen molar-refractivity contribution in [3.8, 4) is 6.07 Å². The van der Waals surface area contributed by atoms with Crippen molar-refractivity contribution in [3.63, 3.8) is 0 Å². The van der Waals surface area contributed by atoms with Crippen LogP contribution in [0.1, 0.15) is 25.0 Å². The third-order valence-corrected chi connectivity index (χ3v) is 4.37. The number of aryl methyl sites for hydroxylation is 1. The summed E-state index contributed by atoms with van der Waals surface area (Å²) in [5.74, 6) is 0. The smallest absolute Gasteiger partial charge is 0.241 e. The predicted molar refractivity (Wildman–Crippen MR) is 69.3 cm³/mol. The predicted octanol–water partition coefficient (Wildman–Crippen LogP) is 0.882. The van der Waals surface area contributed by atoms with Gasteiger partial charge in [0, 0.05) is 12.1 Å². The Bertz CT molecular complexity index is 586. The van der Waals surface area contributed by atoms with Crippen molar-refractivity contribution in [3.05, 3.63) is 29.3 Å². The molecule has 18 heavy (non-hydrogen) atoms. The van der Waals surface area contributed by atoms with Gasteiger partial charge in [0.2, 0.25) is 10.0 Å². The molecule has 0 heterocycles. The molecule has 0 spiro atoms. The minimum absolute atomic E-state index is 0.114. The minimum Gasteiger partial charge on any atom is -0.329 e. The van der Waals surface area contributed by atoms with Gasteiger partial charge in [0.05, 0.1) is 16.5 Å². The van der Waals surface area contributed by atoms with Gasteiger partial charge in [-0.1, -0.05) is 6.07 Å². The first-order chi connectivity index (χ1) is 8.22. The summed E-state index contributed by atoms with van der Waals surface area (Å²) >= 11 is 0. The number of hydrogen-bond acceptors (Lipinski definition) is 4. The lowest BCUT2D eigenvalue weighted by Gasteiger charge is -2.24. The van der Waals surface area contributed by atoms with Gasteiger partial charge in [-0.2, -0.15) is 5.26 Å². The van der Waals surface area contributed by atoms with E-state index in [-0.39, 0.29) is 11.4 Å². The molecule has 0 aliphatic carbocycles. The van der Waals surface area contributed by atoms with Crippen LogP contribution in [0.25, 0.3) is 0 Å². The molecule has 6 heteroatoms. The highest BCUT2D eigenvalue weighted by Crippen LogP contribution is 2.18. The van der Waals surface area contributed by atoms with Gasteiger partial charge in [-0.15, -0.1) is 0 Å². The zero-order valence-electron chi connectivity index (χ0n) is 10.7. The van der Waals surface area contributed by atoms with E-state index in [0.29, 0.717) is 11.1 Å². The van der Waals surface area contributed by atoms with Gasteiger partial charge < -0.3 is 5.73 Å². The minimum atomic E-state index is -3.67. The summed E-state index contributed by atoms with van der Waals surface area (Å²) in [5.41, 5.74) is 5.68. The number of nitriles is 1. The maximum atomic E-state index is 12.2. The van der Waals surface area contributed by atoms with Gasteiger partial charge >= 0.3 is 0 Å². The molecular formula is C12H17N3O2S. The van der Waals surface area contributed by atoms with Crippen LogP contribution in [-0.4, -0.2) is 20.5 Å². The third-order valence-electron chi connectivity index (χ3n) is 2.53. The van der Waals surface area contributed by atoms with Crippen LogP contribution in [-0.2, 0) is 10.0 Å². The van der Waals surface area contributed by atoms with E-state index in [1.54, 1.807) is 32.9 Å². The van der Waals surface area contributed by atoms with Crippen LogP contribution < -0.4 is 10.5 Å². The normalized spacial score (nSPS) is 12.2. The van der Waals surface area contributed by atoms with Crippen molar-refractivity contribution in [2.24, 2.45) is 5.73 Å². The van der Waals surface area contributed by atoms with E-state index in [9.17, 15) is 8.42 Å². The average molecular weight is 267 g/mol. The quantitative estimate of drug-likeness (QED) is 0.846. The van der Waals surface area contributed by atoms with Crippen LogP contribution in [0.15, 0.2) is 23.1 Å². The van der Waals surface area contributed by atoms with Crippen LogP contribution in [0.2, 0.25) is 0 Å². The molecule has 0 fully saturated rings. The highest BCUT2D eigenvalue weighted by molar-refractivity contribution is 7.89. The summed E-state index contributed by atoms with van der Waals surface area (Å²) in [6, 6.07) is 6.49. The highest BCUT2D eigenvalue weighted by Gasteiger charge is 2.26. The Kier molecular flexibility index (Phi) is 4.12. The zero-order chi connectivity index (χ0) is 14.0. The molecule has 1 aromatic carbocycles. The summed E-state index contributed by atoms with van der Waals surface area (Å²) in [6.07, 6.45) is 0. The largest absolute Gasteiger partial charge is 0.329 e. The Morgan fingerprint density at radius 1 is 1.44 bits per heavy atom. The molecule has 1 aromatic rings. The van der Waals surface area contributed by atoms with Crippen molar-refractivity contribution in [2.75, 3.05) is 6.54 Å². The summed E-state index contributed by atoms with van der Waals surface area (Å²) in [4.78, 5) is 0.114. The SMILES string of the molecule is Cc1ccc(C#N)cc1S(=O)(=O)NC(C)(C)CN. The number of rotatable bonds is 4. The molecule has 0 bridgehead atoms. The Balaban J connectivity index is 3.25. The van der Waals surface area contributed by atoms with Crippen LogP contribution in [0.5, 0.6) is 0 Å². The molecule has 0 aliphatic heterocycles. The van der Waals surface area contributed by atoms with Crippen LogP contribution >= 0.6 is 0 Å². The first-order valence-corrected chi connectivity index (χ1v) is 6.95. The summed E-state index contributed by atoms with van der Waals surface area (Å²) < 4.78 is 27.0. The molecule has 0 amide bonds. The van der Waals surface area contributed by atoms with Crippen molar-refractivity contribution >= 4 is 10.0 Å². The molecule has 0 aromatic heterocycles. The Morgan fingerprint density at radius 3 is 2.56 bits per heavy atom. The molecule has 0 radical (unpaired) electrons. The fourth-order valence-electron chi connectivity index (χ4n) is 1.42. The molecule has 0 aliphatic rings. The molecule has 3 N–H and O–H groups in total. The Labute approximate surface area is 108 Å². The summed E-state index contributed by atoms with van der Waals surface area (Å²) in [5, 5.41) is 8.81. The van der Waals surface area contributed by atoms with Gasteiger partial charge in [-0.05, 0) is 38.5 Å². The summed E-state index contributed by atoms with van der Waals surface area (Å²) in [7, 11) is -3.67. The van der Waals surface area contributed by atoms with E-state index in [4.69, 9.17) is 11.0 Å². The zero-order valence-corrected chi connectivity index (χ0v) is 11.5. The number of nitrogens with two attached hydrogens (primary N) is 1. The average Bonchev–Trinajstić information content (AvgIpc) is 2.28. The van der Waals surface area contributed by atoms with E-state index >= 15 is 0 Å². The van der Waals surface area contributed by atoms with E-state index in [1.807, 2.05) is 6.07 Å². The van der Waals surface area contributed by atoms with E-state index in [2.05, 4.69) is 4.72 Å². The van der Waals surface area contributed by atoms with E-state index in [0.717, 1.165) is 0 Å². The van der Waals surface area contributed by atoms with Crippen LogP contribution in [0.4, 0.5) is 0 Å². The third kappa shape index (κ3) is 3.29. The second-order valence-corrected chi connectivity index (χ2v) is 6.44. The van der Waals surface area contributed by atoms with E-state index in [1.165, 1.54) is 6.07 Å². The molecule has 5 nitrogen and oxygen atoms in total. The highest BCUT2D eigenvalue weighted by atomic mass is 32.2. The lowest BCUT2D eigenvalue weighted by atomic mass is 10.1. The number of nitrogens with one attached hydrogen (secondary N) is 1. The van der Waals surface area contributed by atoms with Crippen molar-refractivity contribution in [1.29, 1.82) is 5.26 Å². The van der Waals surface area contributed by atoms with Gasteiger partial charge in [0.15, 0.2) is 0 Å². The fourth-order valence-corrected chi connectivity index (χ4v) is 3.11. The lowest BCUT2D eigenvalue weighted by Crippen LogP contribution is -2.48. The second kappa shape index (κ2) is 5.06. The molecule has 0 unspecified atom stereocenters. The molecular weight excluding hydrogens is 250 g/mol. The topological polar surface area (TPSA) is 96.0 Å². The van der Waals surface area contributed by atoms with Crippen LogP contribution in [0, 0.1) is 18.3 Å². The van der Waals surface area contributed by atoms with Crippen molar-refractivity contribution in [2.45, 2.75) is 31.2 Å². The molecule has 0 saturated carbocycles. The maximum Gasteiger partial charge on any atom is 0.241 e. The number of nitrogens with zero attached hydrogens (tertiary/aromatic N) is 1. The van der Waals surface area contributed by atoms with Crippen LogP contribution in [0.3, 0.4) is 0 Å². The lowest BCUT2D eigenvalue weighted by molar-refractivity contribution is 0.462. The number of hydrogen-bond donors (Lipinski definition) is 2. The maximum absolute atomic E-state index is 12.2.